The number of benzene rings is 1. The van der Waals surface area contributed by atoms with Gasteiger partial charge in [0.15, 0.2) is 0 Å². The summed E-state index contributed by atoms with van der Waals surface area (Å²) in [6.45, 7) is 1.02. The number of amides is 1. The first-order valence-electron chi connectivity index (χ1n) is 6.97. The van der Waals surface area contributed by atoms with Gasteiger partial charge in [-0.15, -0.1) is 0 Å². The van der Waals surface area contributed by atoms with E-state index >= 15 is 0 Å². The number of aromatic nitrogens is 2. The Morgan fingerprint density at radius 3 is 2.64 bits per heavy atom. The molecular formula is C15H18N4O3. The molecule has 7 heteroatoms. The summed E-state index contributed by atoms with van der Waals surface area (Å²) in [5.41, 5.74) is 8.11. The molecule has 0 spiro atoms. The van der Waals surface area contributed by atoms with Crippen LogP contribution in [0.4, 0.5) is 5.82 Å². The van der Waals surface area contributed by atoms with E-state index in [1.165, 1.54) is 14.2 Å². The van der Waals surface area contributed by atoms with Crippen LogP contribution in [-0.2, 0) is 13.0 Å². The van der Waals surface area contributed by atoms with Crippen LogP contribution in [0.25, 0.3) is 0 Å². The lowest BCUT2D eigenvalue weighted by Gasteiger charge is -2.27. The van der Waals surface area contributed by atoms with Crippen LogP contribution in [0.1, 0.15) is 21.6 Å². The van der Waals surface area contributed by atoms with Crippen molar-refractivity contribution in [3.8, 4) is 11.5 Å². The Morgan fingerprint density at radius 2 is 2.00 bits per heavy atom. The molecule has 1 aromatic heterocycles. The number of carbonyl (C=O) groups is 1. The molecule has 1 aromatic carbocycles. The Hall–Kier alpha value is -2.70. The molecule has 2 heterocycles. The number of hydrogen-bond donors (Lipinski definition) is 2. The maximum Gasteiger partial charge on any atom is 0.261 e. The lowest BCUT2D eigenvalue weighted by molar-refractivity contribution is 0.0725. The smallest absolute Gasteiger partial charge is 0.261 e. The van der Waals surface area contributed by atoms with Crippen molar-refractivity contribution in [1.29, 1.82) is 0 Å². The highest BCUT2D eigenvalue weighted by molar-refractivity contribution is 5.99. The lowest BCUT2D eigenvalue weighted by Crippen LogP contribution is -2.36. The second-order valence-electron chi connectivity index (χ2n) is 5.08. The third-order valence-corrected chi connectivity index (χ3v) is 3.89. The number of H-pyrrole nitrogens is 1. The molecule has 1 aliphatic rings. The summed E-state index contributed by atoms with van der Waals surface area (Å²) in [5.74, 6) is 1.38. The molecular weight excluding hydrogens is 284 g/mol. The highest BCUT2D eigenvalue weighted by Gasteiger charge is 2.28. The number of nitrogen functional groups attached to an aromatic ring is 1. The lowest BCUT2D eigenvalue weighted by atomic mass is 10.0. The number of carbonyl (C=O) groups excluding carboxylic acids is 1. The summed E-state index contributed by atoms with van der Waals surface area (Å²) in [6.07, 6.45) is 0.681. The first kappa shape index (κ1) is 14.2. The molecule has 116 valence electrons. The number of rotatable bonds is 3. The number of methoxy groups -OCH3 is 2. The van der Waals surface area contributed by atoms with Crippen molar-refractivity contribution in [3.05, 3.63) is 35.0 Å². The van der Waals surface area contributed by atoms with Gasteiger partial charge in [-0.2, -0.15) is 5.10 Å². The zero-order valence-electron chi connectivity index (χ0n) is 12.5. The van der Waals surface area contributed by atoms with E-state index in [2.05, 4.69) is 10.2 Å². The molecule has 0 aliphatic carbocycles. The summed E-state index contributed by atoms with van der Waals surface area (Å²) in [4.78, 5) is 14.6. The standard InChI is InChI=1S/C15H18N4O3/c1-21-11-4-3-5-12(22-2)13(11)15(20)19-7-6-9-10(8-19)17-18-14(9)16/h3-5H,6-8H2,1-2H3,(H3,16,17,18). The van der Waals surface area contributed by atoms with E-state index in [1.54, 1.807) is 23.1 Å². The minimum absolute atomic E-state index is 0.131. The van der Waals surface area contributed by atoms with Gasteiger partial charge < -0.3 is 20.1 Å². The topological polar surface area (TPSA) is 93.5 Å². The second kappa shape index (κ2) is 5.59. The number of nitrogens with one attached hydrogen (secondary N) is 1. The fourth-order valence-electron chi connectivity index (χ4n) is 2.74. The fraction of sp³-hybridized carbons (Fsp3) is 0.333. The molecule has 7 nitrogen and oxygen atoms in total. The average Bonchev–Trinajstić information content (AvgIpc) is 2.94. The third kappa shape index (κ3) is 2.24. The van der Waals surface area contributed by atoms with Crippen LogP contribution in [0, 0.1) is 0 Å². The highest BCUT2D eigenvalue weighted by Crippen LogP contribution is 2.31. The number of aromatic amines is 1. The molecule has 22 heavy (non-hydrogen) atoms. The summed E-state index contributed by atoms with van der Waals surface area (Å²) in [7, 11) is 3.07. The van der Waals surface area contributed by atoms with Gasteiger partial charge in [0.2, 0.25) is 0 Å². The molecule has 3 N–H and O–H groups in total. The molecule has 0 unspecified atom stereocenters. The van der Waals surface area contributed by atoms with Gasteiger partial charge in [0, 0.05) is 12.1 Å². The van der Waals surface area contributed by atoms with E-state index in [0.29, 0.717) is 42.4 Å². The molecule has 0 fully saturated rings. The number of fused-ring (bicyclic) bond motifs is 1. The number of ether oxygens (including phenoxy) is 2. The summed E-state index contributed by atoms with van der Waals surface area (Å²) in [5, 5.41) is 6.89. The van der Waals surface area contributed by atoms with Crippen LogP contribution < -0.4 is 15.2 Å². The maximum absolute atomic E-state index is 12.9. The van der Waals surface area contributed by atoms with Crippen molar-refractivity contribution in [3.63, 3.8) is 0 Å². The molecule has 0 saturated carbocycles. The monoisotopic (exact) mass is 302 g/mol. The number of anilines is 1. The molecule has 0 radical (unpaired) electrons. The van der Waals surface area contributed by atoms with Gasteiger partial charge >= 0.3 is 0 Å². The quantitative estimate of drug-likeness (QED) is 0.889. The Morgan fingerprint density at radius 1 is 1.32 bits per heavy atom. The van der Waals surface area contributed by atoms with Gasteiger partial charge in [0.05, 0.1) is 26.5 Å². The van der Waals surface area contributed by atoms with Crippen molar-refractivity contribution < 1.29 is 14.3 Å². The Balaban J connectivity index is 1.92. The summed E-state index contributed by atoms with van der Waals surface area (Å²) in [6, 6.07) is 5.29. The predicted octanol–water partition coefficient (Wildman–Crippen LogP) is 1.21. The van der Waals surface area contributed by atoms with E-state index in [0.717, 1.165) is 11.3 Å². The Bertz CT molecular complexity index is 689. The summed E-state index contributed by atoms with van der Waals surface area (Å²) >= 11 is 0. The number of nitrogens with zero attached hydrogens (tertiary/aromatic N) is 2. The molecule has 2 aromatic rings. The van der Waals surface area contributed by atoms with Gasteiger partial charge in [-0.1, -0.05) is 6.07 Å². The van der Waals surface area contributed by atoms with E-state index in [-0.39, 0.29) is 5.91 Å². The first-order valence-corrected chi connectivity index (χ1v) is 6.97. The van der Waals surface area contributed by atoms with Crippen molar-refractivity contribution in [1.82, 2.24) is 15.1 Å². The van der Waals surface area contributed by atoms with Crippen LogP contribution in [-0.4, -0.2) is 41.8 Å². The van der Waals surface area contributed by atoms with Crippen molar-refractivity contribution in [2.45, 2.75) is 13.0 Å². The van der Waals surface area contributed by atoms with E-state index in [4.69, 9.17) is 15.2 Å². The first-order chi connectivity index (χ1) is 10.7. The van der Waals surface area contributed by atoms with Crippen LogP contribution in [0.15, 0.2) is 18.2 Å². The molecule has 0 saturated heterocycles. The highest BCUT2D eigenvalue weighted by atomic mass is 16.5. The molecule has 1 amide bonds. The van der Waals surface area contributed by atoms with Crippen molar-refractivity contribution in [2.24, 2.45) is 0 Å². The normalized spacial score (nSPS) is 13.6. The van der Waals surface area contributed by atoms with E-state index in [9.17, 15) is 4.79 Å². The third-order valence-electron chi connectivity index (χ3n) is 3.89. The van der Waals surface area contributed by atoms with Crippen LogP contribution in [0.3, 0.4) is 0 Å². The van der Waals surface area contributed by atoms with Gasteiger partial charge in [0.1, 0.15) is 22.9 Å². The van der Waals surface area contributed by atoms with E-state index in [1.807, 2.05) is 0 Å². The van der Waals surface area contributed by atoms with Crippen molar-refractivity contribution >= 4 is 11.7 Å². The minimum atomic E-state index is -0.131. The number of nitrogens with two attached hydrogens (primary N) is 1. The summed E-state index contributed by atoms with van der Waals surface area (Å²) < 4.78 is 10.6. The predicted molar refractivity (Wildman–Crippen MR) is 81.0 cm³/mol. The SMILES string of the molecule is COc1cccc(OC)c1C(=O)N1CCc2c(N)n[nH]c2C1. The van der Waals surface area contributed by atoms with Gasteiger partial charge in [-0.25, -0.2) is 0 Å². The zero-order valence-corrected chi connectivity index (χ0v) is 12.5. The van der Waals surface area contributed by atoms with Gasteiger partial charge in [-0.05, 0) is 18.6 Å². The van der Waals surface area contributed by atoms with Crippen LogP contribution >= 0.6 is 0 Å². The van der Waals surface area contributed by atoms with E-state index < -0.39 is 0 Å². The van der Waals surface area contributed by atoms with Gasteiger partial charge in [0.25, 0.3) is 5.91 Å². The molecule has 0 bridgehead atoms. The van der Waals surface area contributed by atoms with Gasteiger partial charge in [-0.3, -0.25) is 9.89 Å². The number of hydrogen-bond acceptors (Lipinski definition) is 5. The second-order valence-corrected chi connectivity index (χ2v) is 5.08. The Kier molecular flexibility index (Phi) is 3.62. The fourth-order valence-corrected chi connectivity index (χ4v) is 2.74. The van der Waals surface area contributed by atoms with Crippen LogP contribution in [0.5, 0.6) is 11.5 Å². The average molecular weight is 302 g/mol. The molecule has 0 atom stereocenters. The largest absolute Gasteiger partial charge is 0.496 e. The maximum atomic E-state index is 12.9. The van der Waals surface area contributed by atoms with Crippen molar-refractivity contribution in [2.75, 3.05) is 26.5 Å². The minimum Gasteiger partial charge on any atom is -0.496 e. The molecule has 1 aliphatic heterocycles. The zero-order chi connectivity index (χ0) is 15.7. The van der Waals surface area contributed by atoms with Crippen LogP contribution in [0.2, 0.25) is 0 Å². The Labute approximate surface area is 128 Å². The molecule has 3 rings (SSSR count).